The first-order valence-corrected chi connectivity index (χ1v) is 8.14. The Labute approximate surface area is 134 Å². The topological polar surface area (TPSA) is 56.7 Å². The monoisotopic (exact) mass is 307 g/mol. The Balaban J connectivity index is 2.61. The molecule has 0 unspecified atom stereocenters. The summed E-state index contributed by atoms with van der Waals surface area (Å²) in [5.41, 5.74) is 1.00. The number of carboxylic acids is 1. The summed E-state index contributed by atoms with van der Waals surface area (Å²) in [7, 11) is 3.91. The van der Waals surface area contributed by atoms with Crippen LogP contribution in [0.2, 0.25) is 0 Å². The highest BCUT2D eigenvalue weighted by Crippen LogP contribution is 2.18. The van der Waals surface area contributed by atoms with Crippen LogP contribution in [0.15, 0.2) is 18.3 Å². The van der Waals surface area contributed by atoms with Gasteiger partial charge in [-0.15, -0.1) is 0 Å². The average Bonchev–Trinajstić information content (AvgIpc) is 2.50. The molecular weight excluding hydrogens is 278 g/mol. The highest BCUT2D eigenvalue weighted by Gasteiger charge is 2.09. The van der Waals surface area contributed by atoms with Crippen LogP contribution < -0.4 is 9.80 Å². The largest absolute Gasteiger partial charge is 0.481 e. The summed E-state index contributed by atoms with van der Waals surface area (Å²) >= 11 is 0. The van der Waals surface area contributed by atoms with Gasteiger partial charge in [-0.05, 0) is 18.6 Å². The summed E-state index contributed by atoms with van der Waals surface area (Å²) in [6.07, 6.45) is 8.04. The number of rotatable bonds is 11. The normalized spacial score (nSPS) is 10.5. The molecule has 0 spiro atoms. The molecule has 0 saturated heterocycles. The molecule has 1 aromatic rings. The van der Waals surface area contributed by atoms with Gasteiger partial charge in [-0.1, -0.05) is 32.6 Å². The van der Waals surface area contributed by atoms with Gasteiger partial charge < -0.3 is 14.9 Å². The van der Waals surface area contributed by atoms with Gasteiger partial charge in [-0.2, -0.15) is 0 Å². The third kappa shape index (κ3) is 6.78. The maximum atomic E-state index is 10.8. The van der Waals surface area contributed by atoms with E-state index < -0.39 is 5.97 Å². The fourth-order valence-corrected chi connectivity index (χ4v) is 2.34. The van der Waals surface area contributed by atoms with E-state index in [2.05, 4.69) is 16.8 Å². The lowest BCUT2D eigenvalue weighted by Gasteiger charge is -2.24. The van der Waals surface area contributed by atoms with Crippen molar-refractivity contribution in [2.24, 2.45) is 0 Å². The molecule has 0 aliphatic carbocycles. The molecule has 5 nitrogen and oxygen atoms in total. The van der Waals surface area contributed by atoms with E-state index in [1.165, 1.54) is 25.7 Å². The number of hydrogen-bond acceptors (Lipinski definition) is 4. The number of nitrogens with zero attached hydrogens (tertiary/aromatic N) is 3. The van der Waals surface area contributed by atoms with Gasteiger partial charge in [0.05, 0.1) is 18.3 Å². The molecule has 0 fully saturated rings. The number of anilines is 2. The van der Waals surface area contributed by atoms with Gasteiger partial charge in [0.1, 0.15) is 5.82 Å². The predicted octanol–water partition coefficient (Wildman–Crippen LogP) is 3.40. The van der Waals surface area contributed by atoms with Crippen LogP contribution in [0.5, 0.6) is 0 Å². The van der Waals surface area contributed by atoms with E-state index >= 15 is 0 Å². The summed E-state index contributed by atoms with van der Waals surface area (Å²) < 4.78 is 0. The molecule has 0 aromatic carbocycles. The lowest BCUT2D eigenvalue weighted by atomic mass is 10.1. The number of carboxylic acid groups (broad SMARTS) is 1. The van der Waals surface area contributed by atoms with E-state index in [1.54, 1.807) is 0 Å². The van der Waals surface area contributed by atoms with E-state index in [1.807, 2.05) is 37.3 Å². The third-order valence-corrected chi connectivity index (χ3v) is 3.68. The predicted molar refractivity (Wildman–Crippen MR) is 91.8 cm³/mol. The molecule has 1 rings (SSSR count). The van der Waals surface area contributed by atoms with Crippen molar-refractivity contribution in [3.63, 3.8) is 0 Å². The Bertz CT molecular complexity index is 432. The molecule has 0 aliphatic rings. The zero-order valence-electron chi connectivity index (χ0n) is 14.1. The molecule has 22 heavy (non-hydrogen) atoms. The van der Waals surface area contributed by atoms with Crippen LogP contribution in [0.1, 0.15) is 45.4 Å². The van der Waals surface area contributed by atoms with Crippen LogP contribution in [0.4, 0.5) is 11.5 Å². The SMILES string of the molecule is CCCCCCCN(CCC(=O)O)c1ccc(N(C)C)nc1. The van der Waals surface area contributed by atoms with Crippen molar-refractivity contribution in [1.29, 1.82) is 0 Å². The molecule has 124 valence electrons. The van der Waals surface area contributed by atoms with Crippen molar-refractivity contribution in [3.8, 4) is 0 Å². The van der Waals surface area contributed by atoms with Gasteiger partial charge in [-0.25, -0.2) is 4.98 Å². The van der Waals surface area contributed by atoms with Crippen molar-refractivity contribution in [1.82, 2.24) is 4.98 Å². The quantitative estimate of drug-likeness (QED) is 0.635. The maximum Gasteiger partial charge on any atom is 0.305 e. The smallest absolute Gasteiger partial charge is 0.305 e. The molecule has 0 bridgehead atoms. The second-order valence-corrected chi connectivity index (χ2v) is 5.81. The fraction of sp³-hybridized carbons (Fsp3) is 0.647. The van der Waals surface area contributed by atoms with Gasteiger partial charge in [0.2, 0.25) is 0 Å². The van der Waals surface area contributed by atoms with Crippen LogP contribution >= 0.6 is 0 Å². The molecule has 0 amide bonds. The summed E-state index contributed by atoms with van der Waals surface area (Å²) in [5.74, 6) is 0.152. The minimum Gasteiger partial charge on any atom is -0.481 e. The number of pyridine rings is 1. The molecule has 1 aromatic heterocycles. The zero-order chi connectivity index (χ0) is 16.4. The van der Waals surface area contributed by atoms with E-state index in [0.717, 1.165) is 24.5 Å². The van der Waals surface area contributed by atoms with Gasteiger partial charge in [0, 0.05) is 27.2 Å². The van der Waals surface area contributed by atoms with E-state index in [0.29, 0.717) is 6.54 Å². The van der Waals surface area contributed by atoms with Crippen LogP contribution in [0, 0.1) is 0 Å². The Kier molecular flexibility index (Phi) is 8.33. The number of hydrogen-bond donors (Lipinski definition) is 1. The van der Waals surface area contributed by atoms with Crippen molar-refractivity contribution in [3.05, 3.63) is 18.3 Å². The van der Waals surface area contributed by atoms with Gasteiger partial charge >= 0.3 is 5.97 Å². The summed E-state index contributed by atoms with van der Waals surface area (Å²) in [4.78, 5) is 19.4. The first-order chi connectivity index (χ1) is 10.5. The number of aliphatic carboxylic acids is 1. The van der Waals surface area contributed by atoms with Crippen molar-refractivity contribution < 1.29 is 9.90 Å². The Morgan fingerprint density at radius 2 is 1.86 bits per heavy atom. The average molecular weight is 307 g/mol. The molecule has 0 radical (unpaired) electrons. The second kappa shape index (κ2) is 10.0. The van der Waals surface area contributed by atoms with Crippen molar-refractivity contribution in [2.75, 3.05) is 37.0 Å². The van der Waals surface area contributed by atoms with Crippen molar-refractivity contribution >= 4 is 17.5 Å². The van der Waals surface area contributed by atoms with Gasteiger partial charge in [0.25, 0.3) is 0 Å². The number of aromatic nitrogens is 1. The van der Waals surface area contributed by atoms with Gasteiger partial charge in [0.15, 0.2) is 0 Å². The number of carbonyl (C=O) groups is 1. The van der Waals surface area contributed by atoms with Crippen LogP contribution in [0.25, 0.3) is 0 Å². The number of unbranched alkanes of at least 4 members (excludes halogenated alkanes) is 4. The highest BCUT2D eigenvalue weighted by atomic mass is 16.4. The first kappa shape index (κ1) is 18.3. The fourth-order valence-electron chi connectivity index (χ4n) is 2.34. The Hall–Kier alpha value is -1.78. The summed E-state index contributed by atoms with van der Waals surface area (Å²) in [6.45, 7) is 3.63. The standard InChI is InChI=1S/C17H29N3O2/c1-4-5-6-7-8-12-20(13-11-17(21)22)15-9-10-16(18-14-15)19(2)3/h9-10,14H,4-8,11-13H2,1-3H3,(H,21,22). The lowest BCUT2D eigenvalue weighted by molar-refractivity contribution is -0.136. The Morgan fingerprint density at radius 1 is 1.14 bits per heavy atom. The summed E-state index contributed by atoms with van der Waals surface area (Å²) in [6, 6.07) is 4.00. The Morgan fingerprint density at radius 3 is 2.41 bits per heavy atom. The maximum absolute atomic E-state index is 10.8. The van der Waals surface area contributed by atoms with Crippen LogP contribution in [-0.2, 0) is 4.79 Å². The molecule has 0 atom stereocenters. The van der Waals surface area contributed by atoms with Crippen LogP contribution in [0.3, 0.4) is 0 Å². The lowest BCUT2D eigenvalue weighted by Crippen LogP contribution is -2.27. The second-order valence-electron chi connectivity index (χ2n) is 5.81. The molecule has 5 heteroatoms. The van der Waals surface area contributed by atoms with Crippen molar-refractivity contribution in [2.45, 2.75) is 45.4 Å². The van der Waals surface area contributed by atoms with Gasteiger partial charge in [-0.3, -0.25) is 4.79 Å². The van der Waals surface area contributed by atoms with E-state index in [4.69, 9.17) is 5.11 Å². The molecule has 0 saturated carbocycles. The molecule has 1 heterocycles. The van der Waals surface area contributed by atoms with Crippen LogP contribution in [-0.4, -0.2) is 43.2 Å². The summed E-state index contributed by atoms with van der Waals surface area (Å²) in [5, 5.41) is 8.92. The molecule has 0 aliphatic heterocycles. The minimum absolute atomic E-state index is 0.157. The zero-order valence-corrected chi connectivity index (χ0v) is 14.1. The van der Waals surface area contributed by atoms with E-state index in [9.17, 15) is 4.79 Å². The van der Waals surface area contributed by atoms with E-state index in [-0.39, 0.29) is 6.42 Å². The molecular formula is C17H29N3O2. The third-order valence-electron chi connectivity index (χ3n) is 3.68. The molecule has 1 N–H and O–H groups in total. The minimum atomic E-state index is -0.756. The first-order valence-electron chi connectivity index (χ1n) is 8.14. The highest BCUT2D eigenvalue weighted by molar-refractivity contribution is 5.67.